The highest BCUT2D eigenvalue weighted by Crippen LogP contribution is 2.36. The summed E-state index contributed by atoms with van der Waals surface area (Å²) in [4.78, 5) is 49.9. The number of amides is 1. The molecule has 9 heteroatoms. The second kappa shape index (κ2) is 16.3. The summed E-state index contributed by atoms with van der Waals surface area (Å²) in [7, 11) is 0. The Bertz CT molecular complexity index is 1410. The van der Waals surface area contributed by atoms with Gasteiger partial charge in [-0.25, -0.2) is 4.79 Å². The molecule has 0 saturated heterocycles. The third-order valence-electron chi connectivity index (χ3n) is 7.15. The molecular formula is C35H39NO8. The van der Waals surface area contributed by atoms with E-state index in [4.69, 9.17) is 18.9 Å². The van der Waals surface area contributed by atoms with Crippen molar-refractivity contribution in [2.75, 3.05) is 13.2 Å². The Kier molecular flexibility index (Phi) is 11.9. The number of carbonyl (C=O) groups excluding carboxylic acids is 4. The lowest BCUT2D eigenvalue weighted by Gasteiger charge is -2.31. The summed E-state index contributed by atoms with van der Waals surface area (Å²) < 4.78 is 20.8. The van der Waals surface area contributed by atoms with Crippen LogP contribution < -0.4 is 5.32 Å². The van der Waals surface area contributed by atoms with Crippen molar-refractivity contribution in [2.45, 2.75) is 70.6 Å². The maximum absolute atomic E-state index is 13.4. The summed E-state index contributed by atoms with van der Waals surface area (Å²) in [5.74, 6) is -1.75. The van der Waals surface area contributed by atoms with Gasteiger partial charge >= 0.3 is 18.1 Å². The van der Waals surface area contributed by atoms with E-state index in [1.807, 2.05) is 78.9 Å². The predicted molar refractivity (Wildman–Crippen MR) is 163 cm³/mol. The summed E-state index contributed by atoms with van der Waals surface area (Å²) in [6, 6.07) is 24.9. The average molecular weight is 602 g/mol. The van der Waals surface area contributed by atoms with Gasteiger partial charge in [-0.1, -0.05) is 78.9 Å². The minimum atomic E-state index is -0.760. The Morgan fingerprint density at radius 2 is 1.52 bits per heavy atom. The number of nitrogens with one attached hydrogen (secondary N) is 1. The van der Waals surface area contributed by atoms with Gasteiger partial charge in [0.25, 0.3) is 0 Å². The molecule has 0 fully saturated rings. The second-order valence-electron chi connectivity index (χ2n) is 11.0. The molecule has 232 valence electrons. The first-order chi connectivity index (χ1) is 21.3. The molecule has 1 N–H and O–H groups in total. The van der Waals surface area contributed by atoms with Crippen LogP contribution >= 0.6 is 0 Å². The minimum Gasteiger partial charge on any atom is -0.465 e. The zero-order valence-corrected chi connectivity index (χ0v) is 25.2. The van der Waals surface area contributed by atoms with Crippen molar-refractivity contribution in [2.24, 2.45) is 0 Å². The first-order valence-corrected chi connectivity index (χ1v) is 15.0. The predicted octanol–water partition coefficient (Wildman–Crippen LogP) is 5.89. The van der Waals surface area contributed by atoms with E-state index in [0.717, 1.165) is 27.8 Å². The second-order valence-corrected chi connectivity index (χ2v) is 11.0. The summed E-state index contributed by atoms with van der Waals surface area (Å²) >= 11 is 0. The number of fused-ring (bicyclic) bond motifs is 1. The van der Waals surface area contributed by atoms with Gasteiger partial charge in [-0.05, 0) is 54.5 Å². The molecule has 0 aliphatic heterocycles. The lowest BCUT2D eigenvalue weighted by molar-refractivity contribution is -0.146. The first kappa shape index (κ1) is 32.3. The lowest BCUT2D eigenvalue weighted by atomic mass is 9.78. The van der Waals surface area contributed by atoms with Gasteiger partial charge in [-0.3, -0.25) is 14.4 Å². The average Bonchev–Trinajstić information content (AvgIpc) is 3.02. The molecular weight excluding hydrogens is 562 g/mol. The van der Waals surface area contributed by atoms with Crippen molar-refractivity contribution in [3.63, 3.8) is 0 Å². The van der Waals surface area contributed by atoms with Crippen molar-refractivity contribution in [1.82, 2.24) is 5.32 Å². The van der Waals surface area contributed by atoms with Crippen molar-refractivity contribution in [1.29, 1.82) is 0 Å². The fourth-order valence-corrected chi connectivity index (χ4v) is 5.05. The number of hydrogen-bond donors (Lipinski definition) is 1. The Labute approximate surface area is 257 Å². The molecule has 0 saturated carbocycles. The molecule has 3 aromatic rings. The Morgan fingerprint density at radius 1 is 0.818 bits per heavy atom. The summed E-state index contributed by atoms with van der Waals surface area (Å²) in [5, 5.41) is 3.00. The number of carbonyl (C=O) groups is 4. The maximum atomic E-state index is 13.4. The van der Waals surface area contributed by atoms with Crippen LogP contribution in [0.3, 0.4) is 0 Å². The van der Waals surface area contributed by atoms with E-state index in [9.17, 15) is 19.2 Å². The molecule has 1 amide bonds. The van der Waals surface area contributed by atoms with Gasteiger partial charge < -0.3 is 24.3 Å². The maximum Gasteiger partial charge on any atom is 0.508 e. The molecule has 4 rings (SSSR count). The number of hydrogen-bond acceptors (Lipinski definition) is 8. The number of esters is 2. The van der Waals surface area contributed by atoms with Crippen LogP contribution in [-0.4, -0.2) is 49.4 Å². The van der Waals surface area contributed by atoms with Crippen LogP contribution in [0.25, 0.3) is 11.1 Å². The van der Waals surface area contributed by atoms with Crippen molar-refractivity contribution < 1.29 is 38.1 Å². The normalized spacial score (nSPS) is 15.5. The number of benzene rings is 3. The molecule has 0 unspecified atom stereocenters. The highest BCUT2D eigenvalue weighted by molar-refractivity contribution is 5.83. The van der Waals surface area contributed by atoms with E-state index in [1.54, 1.807) is 13.8 Å². The topological polar surface area (TPSA) is 117 Å². The molecule has 2 atom stereocenters. The van der Waals surface area contributed by atoms with Gasteiger partial charge in [0.05, 0.1) is 31.7 Å². The Morgan fingerprint density at radius 3 is 2.25 bits per heavy atom. The highest BCUT2D eigenvalue weighted by Gasteiger charge is 2.34. The van der Waals surface area contributed by atoms with Gasteiger partial charge in [-0.15, -0.1) is 0 Å². The minimum absolute atomic E-state index is 0.0156. The quantitative estimate of drug-likeness (QED) is 0.147. The van der Waals surface area contributed by atoms with Crippen molar-refractivity contribution in [3.05, 3.63) is 95.6 Å². The molecule has 1 aliphatic carbocycles. The lowest BCUT2D eigenvalue weighted by Crippen LogP contribution is -2.41. The van der Waals surface area contributed by atoms with Gasteiger partial charge in [0.15, 0.2) is 0 Å². The molecule has 1 aliphatic rings. The fourth-order valence-electron chi connectivity index (χ4n) is 5.05. The molecule has 44 heavy (non-hydrogen) atoms. The molecule has 3 aromatic carbocycles. The molecule has 9 nitrogen and oxygen atoms in total. The zero-order valence-electron chi connectivity index (χ0n) is 25.2. The standard InChI is InChI=1S/C35H39NO8/c1-24(2)44-35(40)42-19-9-18-41-34(39)31-22-29(20-28-15-14-27(21-30(28)31)26-12-7-4-8-13-26)36-32(37)16-17-33(38)43-23-25-10-5-3-6-11-25/h3-8,10-15,21,24,29,31H,9,16-20,22-23H2,1-2H3,(H,36,37)/t29-,31+/m1/s1. The van der Waals surface area contributed by atoms with Crippen LogP contribution in [0.1, 0.15) is 62.1 Å². The van der Waals surface area contributed by atoms with Crippen molar-refractivity contribution in [3.8, 4) is 11.1 Å². The largest absolute Gasteiger partial charge is 0.508 e. The van der Waals surface area contributed by atoms with E-state index < -0.39 is 24.0 Å². The summed E-state index contributed by atoms with van der Waals surface area (Å²) in [5.41, 5.74) is 4.70. The number of rotatable bonds is 13. The highest BCUT2D eigenvalue weighted by atomic mass is 16.7. The third-order valence-corrected chi connectivity index (χ3v) is 7.15. The van der Waals surface area contributed by atoms with Crippen LogP contribution in [0.4, 0.5) is 4.79 Å². The van der Waals surface area contributed by atoms with E-state index in [-0.39, 0.29) is 50.7 Å². The molecule has 0 bridgehead atoms. The monoisotopic (exact) mass is 601 g/mol. The SMILES string of the molecule is CC(C)OC(=O)OCCCOC(=O)[C@H]1C[C@H](NC(=O)CCC(=O)OCc2ccccc2)Cc2ccc(-c3ccccc3)cc21. The van der Waals surface area contributed by atoms with Crippen molar-refractivity contribution >= 4 is 24.0 Å². The third kappa shape index (κ3) is 9.97. The van der Waals surface area contributed by atoms with E-state index >= 15 is 0 Å². The van der Waals surface area contributed by atoms with Gasteiger partial charge in [0.1, 0.15) is 6.61 Å². The number of ether oxygens (including phenoxy) is 4. The zero-order chi connectivity index (χ0) is 31.3. The van der Waals surface area contributed by atoms with E-state index in [0.29, 0.717) is 19.3 Å². The van der Waals surface area contributed by atoms with E-state index in [2.05, 4.69) is 5.32 Å². The smallest absolute Gasteiger partial charge is 0.465 e. The summed E-state index contributed by atoms with van der Waals surface area (Å²) in [6.07, 6.45) is 0.121. The van der Waals surface area contributed by atoms with Crippen LogP contribution in [-0.2, 0) is 46.4 Å². The van der Waals surface area contributed by atoms with Crippen LogP contribution in [0, 0.1) is 0 Å². The Balaban J connectivity index is 1.35. The molecule has 0 heterocycles. The first-order valence-electron chi connectivity index (χ1n) is 15.0. The fraction of sp³-hybridized carbons (Fsp3) is 0.371. The molecule has 0 aromatic heterocycles. The van der Waals surface area contributed by atoms with Crippen LogP contribution in [0.2, 0.25) is 0 Å². The van der Waals surface area contributed by atoms with Gasteiger partial charge in [-0.2, -0.15) is 0 Å². The van der Waals surface area contributed by atoms with Gasteiger partial charge in [0.2, 0.25) is 5.91 Å². The van der Waals surface area contributed by atoms with E-state index in [1.165, 1.54) is 0 Å². The molecule has 0 spiro atoms. The Hall–Kier alpha value is -4.66. The summed E-state index contributed by atoms with van der Waals surface area (Å²) in [6.45, 7) is 3.74. The molecule has 0 radical (unpaired) electrons. The van der Waals surface area contributed by atoms with Gasteiger partial charge in [0, 0.05) is 18.9 Å². The van der Waals surface area contributed by atoms with Crippen LogP contribution in [0.5, 0.6) is 0 Å². The van der Waals surface area contributed by atoms with Crippen LogP contribution in [0.15, 0.2) is 78.9 Å².